The first-order valence-electron chi connectivity index (χ1n) is 5.53. The molecule has 0 saturated heterocycles. The topological polar surface area (TPSA) is 64.3 Å². The van der Waals surface area contributed by atoms with Gasteiger partial charge in [0.2, 0.25) is 4.96 Å². The van der Waals surface area contributed by atoms with E-state index in [0.29, 0.717) is 9.49 Å². The minimum atomic E-state index is -0.389. The van der Waals surface area contributed by atoms with Gasteiger partial charge in [0, 0.05) is 9.75 Å². The Labute approximate surface area is 115 Å². The predicted octanol–water partition coefficient (Wildman–Crippen LogP) is 0.737. The van der Waals surface area contributed by atoms with Gasteiger partial charge in [0.15, 0.2) is 0 Å². The van der Waals surface area contributed by atoms with Gasteiger partial charge < -0.3 is 0 Å². The third kappa shape index (κ3) is 2.11. The van der Waals surface area contributed by atoms with Crippen LogP contribution in [0.5, 0.6) is 0 Å². The van der Waals surface area contributed by atoms with Crippen molar-refractivity contribution in [3.8, 4) is 0 Å². The third-order valence-corrected chi connectivity index (χ3v) is 4.48. The van der Waals surface area contributed by atoms with E-state index in [1.165, 1.54) is 20.7 Å². The lowest BCUT2D eigenvalue weighted by Crippen LogP contribution is -2.26. The number of nitrogens with zero attached hydrogens (tertiary/aromatic N) is 3. The molecule has 0 aliphatic rings. The molecular formula is C12H9N3O2S2. The molecule has 0 fully saturated rings. The summed E-state index contributed by atoms with van der Waals surface area (Å²) in [6, 6.07) is 3.96. The van der Waals surface area contributed by atoms with Crippen molar-refractivity contribution in [2.45, 2.75) is 13.8 Å². The number of fused-ring (bicyclic) bond motifs is 1. The predicted molar refractivity (Wildman–Crippen MR) is 76.0 cm³/mol. The molecule has 0 N–H and O–H groups in total. The van der Waals surface area contributed by atoms with Crippen LogP contribution in [0.2, 0.25) is 0 Å². The molecule has 0 aromatic carbocycles. The molecule has 19 heavy (non-hydrogen) atoms. The van der Waals surface area contributed by atoms with E-state index in [-0.39, 0.29) is 16.8 Å². The molecule has 3 aromatic rings. The van der Waals surface area contributed by atoms with Crippen molar-refractivity contribution in [3.05, 3.63) is 52.8 Å². The molecule has 96 valence electrons. The molecule has 0 saturated carbocycles. The second kappa shape index (κ2) is 4.36. The highest BCUT2D eigenvalue weighted by atomic mass is 32.1. The molecule has 0 spiro atoms. The van der Waals surface area contributed by atoms with Gasteiger partial charge >= 0.3 is 0 Å². The number of thiazole rings is 1. The van der Waals surface area contributed by atoms with E-state index >= 15 is 0 Å². The summed E-state index contributed by atoms with van der Waals surface area (Å²) in [6.07, 6.45) is 1.81. The Bertz CT molecular complexity index is 936. The van der Waals surface area contributed by atoms with Gasteiger partial charge in [-0.2, -0.15) is 14.6 Å². The smallest absolute Gasteiger partial charge is 0.266 e. The second-order valence-electron chi connectivity index (χ2n) is 4.06. The van der Waals surface area contributed by atoms with Crippen LogP contribution >= 0.6 is 22.7 Å². The summed E-state index contributed by atoms with van der Waals surface area (Å²) in [5.74, 6) is 0. The van der Waals surface area contributed by atoms with Gasteiger partial charge in [0.25, 0.3) is 11.1 Å². The average molecular weight is 291 g/mol. The van der Waals surface area contributed by atoms with Crippen LogP contribution in [0.25, 0.3) is 11.0 Å². The minimum Gasteiger partial charge on any atom is -0.266 e. The van der Waals surface area contributed by atoms with Crippen LogP contribution in [0.15, 0.2) is 21.7 Å². The molecule has 3 rings (SSSR count). The van der Waals surface area contributed by atoms with Gasteiger partial charge in [-0.25, -0.2) is 0 Å². The number of thiophene rings is 1. The summed E-state index contributed by atoms with van der Waals surface area (Å²) < 4.78 is 1.72. The summed E-state index contributed by atoms with van der Waals surface area (Å²) in [5, 5.41) is 3.97. The summed E-state index contributed by atoms with van der Waals surface area (Å²) in [4.78, 5) is 29.9. The Kier molecular flexibility index (Phi) is 2.79. The fraction of sp³-hybridized carbons (Fsp3) is 0.167. The van der Waals surface area contributed by atoms with Gasteiger partial charge in [-0.3, -0.25) is 9.59 Å². The number of hydrogen-bond donors (Lipinski definition) is 0. The third-order valence-electron chi connectivity index (χ3n) is 2.58. The summed E-state index contributed by atoms with van der Waals surface area (Å²) in [7, 11) is 0. The Hall–Kier alpha value is -1.86. The fourth-order valence-electron chi connectivity index (χ4n) is 1.65. The normalized spacial score (nSPS) is 12.4. The molecule has 5 nitrogen and oxygen atoms in total. The van der Waals surface area contributed by atoms with Crippen molar-refractivity contribution in [2.75, 3.05) is 0 Å². The summed E-state index contributed by atoms with van der Waals surface area (Å²) >= 11 is 2.79. The van der Waals surface area contributed by atoms with Crippen molar-refractivity contribution in [3.63, 3.8) is 0 Å². The fourth-order valence-corrected chi connectivity index (χ4v) is 3.44. The lowest BCUT2D eigenvalue weighted by Gasteiger charge is -1.89. The van der Waals surface area contributed by atoms with Crippen molar-refractivity contribution in [2.24, 2.45) is 0 Å². The van der Waals surface area contributed by atoms with Crippen molar-refractivity contribution in [1.29, 1.82) is 0 Å². The van der Waals surface area contributed by atoms with Gasteiger partial charge in [0.05, 0.1) is 4.53 Å². The maximum Gasteiger partial charge on any atom is 0.295 e. The number of aromatic nitrogens is 3. The molecule has 3 aromatic heterocycles. The minimum absolute atomic E-state index is 0.228. The maximum absolute atomic E-state index is 12.1. The number of rotatable bonds is 1. The quantitative estimate of drug-likeness (QED) is 0.663. The van der Waals surface area contributed by atoms with Crippen molar-refractivity contribution >= 4 is 33.7 Å². The zero-order chi connectivity index (χ0) is 13.6. The van der Waals surface area contributed by atoms with E-state index in [2.05, 4.69) is 10.1 Å². The van der Waals surface area contributed by atoms with Crippen LogP contribution in [0.3, 0.4) is 0 Å². The molecule has 3 heterocycles. The zero-order valence-corrected chi connectivity index (χ0v) is 11.8. The van der Waals surface area contributed by atoms with Gasteiger partial charge in [0.1, 0.15) is 5.69 Å². The molecule has 0 radical (unpaired) electrons. The SMILES string of the molecule is Cc1ccc(C=c2sc3nc(=O)c(C)nn3c2=O)s1. The van der Waals surface area contributed by atoms with E-state index in [9.17, 15) is 9.59 Å². The van der Waals surface area contributed by atoms with E-state index in [1.807, 2.05) is 19.1 Å². The van der Waals surface area contributed by atoms with Crippen LogP contribution in [0.1, 0.15) is 15.4 Å². The van der Waals surface area contributed by atoms with Crippen molar-refractivity contribution < 1.29 is 0 Å². The Morgan fingerprint density at radius 2 is 2.00 bits per heavy atom. The van der Waals surface area contributed by atoms with Gasteiger partial charge in [-0.05, 0) is 32.1 Å². The lowest BCUT2D eigenvalue weighted by atomic mass is 10.4. The van der Waals surface area contributed by atoms with E-state index in [4.69, 9.17) is 0 Å². The first-order valence-corrected chi connectivity index (χ1v) is 7.16. The first kappa shape index (κ1) is 12.2. The number of hydrogen-bond acceptors (Lipinski definition) is 6. The Morgan fingerprint density at radius 1 is 1.21 bits per heavy atom. The first-order chi connectivity index (χ1) is 9.04. The monoisotopic (exact) mass is 291 g/mol. The van der Waals surface area contributed by atoms with E-state index in [0.717, 1.165) is 4.88 Å². The molecule has 0 atom stereocenters. The molecule has 0 aliphatic heterocycles. The standard InChI is InChI=1S/C12H9N3O2S2/c1-6-3-4-8(18-6)5-9-11(17)15-12(19-9)13-10(16)7(2)14-15/h3-5H,1-2H3. The molecule has 0 bridgehead atoms. The zero-order valence-electron chi connectivity index (χ0n) is 10.2. The maximum atomic E-state index is 12.1. The molecule has 0 aliphatic carbocycles. The average Bonchev–Trinajstić information content (AvgIpc) is 2.88. The second-order valence-corrected chi connectivity index (χ2v) is 6.39. The largest absolute Gasteiger partial charge is 0.295 e. The lowest BCUT2D eigenvalue weighted by molar-refractivity contribution is 0.833. The van der Waals surface area contributed by atoms with E-state index < -0.39 is 0 Å². The van der Waals surface area contributed by atoms with Crippen LogP contribution in [-0.2, 0) is 0 Å². The van der Waals surface area contributed by atoms with Crippen molar-refractivity contribution in [1.82, 2.24) is 14.6 Å². The molecule has 0 unspecified atom stereocenters. The van der Waals surface area contributed by atoms with Crippen LogP contribution in [-0.4, -0.2) is 14.6 Å². The highest BCUT2D eigenvalue weighted by molar-refractivity contribution is 7.15. The van der Waals surface area contributed by atoms with Gasteiger partial charge in [-0.15, -0.1) is 11.3 Å². The summed E-state index contributed by atoms with van der Waals surface area (Å²) in [6.45, 7) is 3.56. The van der Waals surface area contributed by atoms with Crippen LogP contribution in [0, 0.1) is 13.8 Å². The Morgan fingerprint density at radius 3 is 2.68 bits per heavy atom. The highest BCUT2D eigenvalue weighted by Gasteiger charge is 2.08. The van der Waals surface area contributed by atoms with Gasteiger partial charge in [-0.1, -0.05) is 11.3 Å². The summed E-state index contributed by atoms with van der Waals surface area (Å²) in [5.41, 5.74) is -0.396. The molecule has 7 heteroatoms. The molecular weight excluding hydrogens is 282 g/mol. The highest BCUT2D eigenvalue weighted by Crippen LogP contribution is 2.15. The van der Waals surface area contributed by atoms with Crippen LogP contribution < -0.4 is 15.7 Å². The molecule has 0 amide bonds. The van der Waals surface area contributed by atoms with E-state index in [1.54, 1.807) is 24.3 Å². The number of aryl methyl sites for hydroxylation is 2. The Balaban J connectivity index is 2.31. The van der Waals surface area contributed by atoms with Crippen LogP contribution in [0.4, 0.5) is 0 Å².